The Kier molecular flexibility index (Phi) is 6.55. The molecular weight excluding hydrogens is 643 g/mol. The van der Waals surface area contributed by atoms with Gasteiger partial charge in [-0.1, -0.05) is 133 Å². The predicted octanol–water partition coefficient (Wildman–Crippen LogP) is 13.5. The molecule has 0 N–H and O–H groups in total. The normalized spacial score (nSPS) is 12.1. The minimum Gasteiger partial charge on any atom is -0.294 e. The molecule has 0 amide bonds. The first-order valence-corrected chi connectivity index (χ1v) is 18.1. The number of fused-ring (bicyclic) bond motifs is 8. The van der Waals surface area contributed by atoms with E-state index in [1.165, 1.54) is 70.9 Å². The highest BCUT2D eigenvalue weighted by Gasteiger charge is 2.28. The van der Waals surface area contributed by atoms with E-state index >= 15 is 0 Å². The maximum Gasteiger partial charge on any atom is 0.148 e. The fourth-order valence-electron chi connectivity index (χ4n) is 8.46. The van der Waals surface area contributed by atoms with Crippen molar-refractivity contribution in [1.82, 2.24) is 9.97 Å². The summed E-state index contributed by atoms with van der Waals surface area (Å²) in [6, 6.07) is 63.9. The van der Waals surface area contributed by atoms with Crippen molar-refractivity contribution in [1.29, 1.82) is 0 Å². The Morgan fingerprint density at radius 3 is 1.74 bits per heavy atom. The molecule has 53 heavy (non-hydrogen) atoms. The van der Waals surface area contributed by atoms with Gasteiger partial charge in [0.2, 0.25) is 0 Å². The Balaban J connectivity index is 1.03. The number of benzene rings is 9. The third-order valence-corrected chi connectivity index (χ3v) is 10.9. The Morgan fingerprint density at radius 2 is 0.981 bits per heavy atom. The molecule has 0 spiro atoms. The van der Waals surface area contributed by atoms with Crippen molar-refractivity contribution in [2.24, 2.45) is 0 Å². The van der Waals surface area contributed by atoms with Crippen LogP contribution in [0.2, 0.25) is 0 Å². The Hall–Kier alpha value is -7.10. The molecule has 0 unspecified atom stereocenters. The zero-order valence-corrected chi connectivity index (χ0v) is 28.7. The van der Waals surface area contributed by atoms with E-state index in [1.54, 1.807) is 6.33 Å². The van der Waals surface area contributed by atoms with Crippen LogP contribution in [0, 0.1) is 0 Å². The molecule has 246 valence electrons. The number of hydrogen-bond donors (Lipinski definition) is 0. The summed E-state index contributed by atoms with van der Waals surface area (Å²) in [5.74, 6) is 0.882. The molecule has 10 aromatic rings. The van der Waals surface area contributed by atoms with Gasteiger partial charge in [0.05, 0.1) is 5.69 Å². The fourth-order valence-corrected chi connectivity index (χ4v) is 8.46. The van der Waals surface area contributed by atoms with E-state index < -0.39 is 0 Å². The van der Waals surface area contributed by atoms with Gasteiger partial charge in [0.25, 0.3) is 0 Å². The molecule has 0 radical (unpaired) electrons. The van der Waals surface area contributed by atoms with Crippen LogP contribution < -0.4 is 4.90 Å². The highest BCUT2D eigenvalue weighted by atomic mass is 15.2. The van der Waals surface area contributed by atoms with E-state index in [0.717, 1.165) is 33.9 Å². The topological polar surface area (TPSA) is 29.0 Å². The van der Waals surface area contributed by atoms with Crippen LogP contribution in [0.15, 0.2) is 188 Å². The van der Waals surface area contributed by atoms with Crippen LogP contribution in [0.25, 0.3) is 87.6 Å². The van der Waals surface area contributed by atoms with Crippen LogP contribution in [0.5, 0.6) is 0 Å². The molecule has 9 aromatic carbocycles. The number of rotatable bonds is 4. The molecule has 0 aliphatic carbocycles. The lowest BCUT2D eigenvalue weighted by atomic mass is 9.89. The number of nitrogens with zero attached hydrogens (tertiary/aromatic N) is 3. The molecule has 3 heteroatoms. The van der Waals surface area contributed by atoms with E-state index in [1.807, 2.05) is 6.20 Å². The Morgan fingerprint density at radius 1 is 0.377 bits per heavy atom. The third kappa shape index (κ3) is 4.68. The van der Waals surface area contributed by atoms with Gasteiger partial charge >= 0.3 is 0 Å². The quantitative estimate of drug-likeness (QED) is 0.174. The SMILES string of the molecule is c1ccc(-c2cc3c4c(cccc4c2)N(c2cccc(-c4cccc(-c5ccc6c7ccccc7c7ccccc7c6c5)c4)c2)c2ncncc2-3)cc1. The van der Waals surface area contributed by atoms with Crippen LogP contribution in [0.4, 0.5) is 17.2 Å². The van der Waals surface area contributed by atoms with Gasteiger partial charge in [-0.25, -0.2) is 9.97 Å². The second kappa shape index (κ2) is 11.7. The molecule has 0 fully saturated rings. The molecule has 3 nitrogen and oxygen atoms in total. The summed E-state index contributed by atoms with van der Waals surface area (Å²) >= 11 is 0. The van der Waals surface area contributed by atoms with E-state index in [4.69, 9.17) is 4.98 Å². The van der Waals surface area contributed by atoms with E-state index in [2.05, 4.69) is 186 Å². The van der Waals surface area contributed by atoms with Crippen molar-refractivity contribution in [2.75, 3.05) is 4.90 Å². The average molecular weight is 674 g/mol. The van der Waals surface area contributed by atoms with Crippen molar-refractivity contribution >= 4 is 60.3 Å². The Labute approximate surface area is 307 Å². The van der Waals surface area contributed by atoms with Crippen LogP contribution in [0.3, 0.4) is 0 Å². The fraction of sp³-hybridized carbons (Fsp3) is 0. The van der Waals surface area contributed by atoms with Gasteiger partial charge in [-0.3, -0.25) is 4.90 Å². The summed E-state index contributed by atoms with van der Waals surface area (Å²) < 4.78 is 0. The van der Waals surface area contributed by atoms with Gasteiger partial charge in [-0.15, -0.1) is 0 Å². The zero-order chi connectivity index (χ0) is 34.9. The van der Waals surface area contributed by atoms with E-state index in [-0.39, 0.29) is 0 Å². The molecule has 11 rings (SSSR count). The molecule has 2 heterocycles. The second-order valence-corrected chi connectivity index (χ2v) is 13.8. The summed E-state index contributed by atoms with van der Waals surface area (Å²) in [6.07, 6.45) is 3.61. The largest absolute Gasteiger partial charge is 0.294 e. The van der Waals surface area contributed by atoms with Crippen molar-refractivity contribution in [3.63, 3.8) is 0 Å². The minimum absolute atomic E-state index is 0.882. The first-order chi connectivity index (χ1) is 26.3. The van der Waals surface area contributed by atoms with Crippen LogP contribution in [-0.2, 0) is 0 Å². The van der Waals surface area contributed by atoms with Gasteiger partial charge in [0, 0.05) is 22.8 Å². The molecular formula is C50H31N3. The number of hydrogen-bond acceptors (Lipinski definition) is 3. The summed E-state index contributed by atoms with van der Waals surface area (Å²) in [7, 11) is 0. The maximum absolute atomic E-state index is 4.90. The van der Waals surface area contributed by atoms with Crippen molar-refractivity contribution in [3.8, 4) is 44.5 Å². The summed E-state index contributed by atoms with van der Waals surface area (Å²) in [4.78, 5) is 11.7. The first kappa shape index (κ1) is 29.6. The molecule has 0 saturated carbocycles. The van der Waals surface area contributed by atoms with E-state index in [9.17, 15) is 0 Å². The second-order valence-electron chi connectivity index (χ2n) is 13.8. The lowest BCUT2D eigenvalue weighted by Crippen LogP contribution is -2.16. The summed E-state index contributed by atoms with van der Waals surface area (Å²) in [5.41, 5.74) is 11.4. The smallest absolute Gasteiger partial charge is 0.148 e. The monoisotopic (exact) mass is 673 g/mol. The Bertz CT molecular complexity index is 3040. The predicted molar refractivity (Wildman–Crippen MR) is 222 cm³/mol. The van der Waals surface area contributed by atoms with E-state index in [0.29, 0.717) is 0 Å². The molecule has 1 aliphatic heterocycles. The maximum atomic E-state index is 4.90. The van der Waals surface area contributed by atoms with Crippen LogP contribution in [-0.4, -0.2) is 9.97 Å². The van der Waals surface area contributed by atoms with Crippen molar-refractivity contribution in [2.45, 2.75) is 0 Å². The lowest BCUT2D eigenvalue weighted by molar-refractivity contribution is 1.11. The van der Waals surface area contributed by atoms with Gasteiger partial charge in [-0.2, -0.15) is 0 Å². The van der Waals surface area contributed by atoms with Crippen LogP contribution >= 0.6 is 0 Å². The average Bonchev–Trinajstić information content (AvgIpc) is 3.24. The lowest BCUT2D eigenvalue weighted by Gasteiger charge is -2.32. The first-order valence-electron chi connectivity index (χ1n) is 18.1. The number of aromatic nitrogens is 2. The zero-order valence-electron chi connectivity index (χ0n) is 28.7. The summed E-state index contributed by atoms with van der Waals surface area (Å²) in [6.45, 7) is 0. The van der Waals surface area contributed by atoms with Gasteiger partial charge in [-0.05, 0) is 119 Å². The molecule has 1 aromatic heterocycles. The third-order valence-electron chi connectivity index (χ3n) is 10.9. The highest BCUT2D eigenvalue weighted by molar-refractivity contribution is 6.25. The van der Waals surface area contributed by atoms with Gasteiger partial charge in [0.1, 0.15) is 12.1 Å². The van der Waals surface area contributed by atoms with Gasteiger partial charge < -0.3 is 0 Å². The highest BCUT2D eigenvalue weighted by Crippen LogP contribution is 2.51. The molecule has 1 aliphatic rings. The summed E-state index contributed by atoms with van der Waals surface area (Å²) in [5, 5.41) is 10.1. The van der Waals surface area contributed by atoms with Crippen molar-refractivity contribution in [3.05, 3.63) is 188 Å². The molecule has 0 saturated heterocycles. The molecule has 0 bridgehead atoms. The van der Waals surface area contributed by atoms with Crippen LogP contribution in [0.1, 0.15) is 0 Å². The molecule has 0 atom stereocenters. The standard InChI is InChI=1S/C50H31N3/c1-2-11-32(12-3-1)38-26-37-16-10-22-48-49(37)46(29-38)47-30-51-31-52-50(47)53(48)39-17-9-15-35(27-39)33-13-8-14-34(25-33)36-23-24-44-42-20-5-4-18-40(42)41-19-6-7-21-43(41)45(44)28-36/h1-31H. The minimum atomic E-state index is 0.882. The number of anilines is 3. The van der Waals surface area contributed by atoms with Gasteiger partial charge in [0.15, 0.2) is 0 Å². The van der Waals surface area contributed by atoms with Crippen molar-refractivity contribution < 1.29 is 0 Å².